The van der Waals surface area contributed by atoms with E-state index in [-0.39, 0.29) is 40.0 Å². The van der Waals surface area contributed by atoms with Crippen LogP contribution < -0.4 is 10.2 Å². The van der Waals surface area contributed by atoms with Crippen molar-refractivity contribution in [1.82, 2.24) is 24.7 Å². The van der Waals surface area contributed by atoms with Crippen LogP contribution in [-0.2, 0) is 4.79 Å². The molecule has 3 aromatic heterocycles. The number of nitrogens with one attached hydrogen (secondary N) is 1. The Hall–Kier alpha value is -4.32. The second kappa shape index (κ2) is 10.5. The number of fused-ring (bicyclic) bond motifs is 1. The van der Waals surface area contributed by atoms with Crippen molar-refractivity contribution < 1.29 is 22.8 Å². The molecule has 4 aromatic rings. The summed E-state index contributed by atoms with van der Waals surface area (Å²) in [6, 6.07) is 3.78. The highest BCUT2D eigenvalue weighted by molar-refractivity contribution is 6.31. The van der Waals surface area contributed by atoms with Gasteiger partial charge in [-0.3, -0.25) is 24.2 Å². The molecule has 2 aliphatic rings. The molecule has 2 amide bonds. The number of carbonyl (C=O) groups is 2. The summed E-state index contributed by atoms with van der Waals surface area (Å²) in [4.78, 5) is 40.2. The Balaban J connectivity index is 1.20. The summed E-state index contributed by atoms with van der Waals surface area (Å²) < 4.78 is 43.7. The summed E-state index contributed by atoms with van der Waals surface area (Å²) in [6.45, 7) is 6.08. The van der Waals surface area contributed by atoms with Crippen molar-refractivity contribution in [2.75, 3.05) is 16.8 Å². The Kier molecular flexibility index (Phi) is 6.96. The van der Waals surface area contributed by atoms with E-state index in [0.29, 0.717) is 24.0 Å². The van der Waals surface area contributed by atoms with Crippen LogP contribution in [0.4, 0.5) is 24.7 Å². The van der Waals surface area contributed by atoms with Crippen LogP contribution in [0.5, 0.6) is 0 Å². The van der Waals surface area contributed by atoms with Gasteiger partial charge in [0, 0.05) is 36.0 Å². The van der Waals surface area contributed by atoms with Gasteiger partial charge in [-0.05, 0) is 56.4 Å². The summed E-state index contributed by atoms with van der Waals surface area (Å²) in [6.07, 6.45) is 3.90. The molecule has 9 nitrogen and oxygen atoms in total. The van der Waals surface area contributed by atoms with Crippen LogP contribution in [0.1, 0.15) is 58.7 Å². The van der Waals surface area contributed by atoms with Gasteiger partial charge in [0.15, 0.2) is 5.82 Å². The lowest BCUT2D eigenvalue weighted by Crippen LogP contribution is -2.29. The third-order valence-corrected chi connectivity index (χ3v) is 8.07. The van der Waals surface area contributed by atoms with Crippen LogP contribution in [-0.4, -0.2) is 43.1 Å². The van der Waals surface area contributed by atoms with Gasteiger partial charge in [-0.15, -0.1) is 0 Å². The summed E-state index contributed by atoms with van der Waals surface area (Å²) in [5.74, 6) is -0.343. The van der Waals surface area contributed by atoms with Crippen molar-refractivity contribution in [3.05, 3.63) is 81.9 Å². The van der Waals surface area contributed by atoms with Crippen LogP contribution in [0.25, 0.3) is 11.3 Å². The Bertz CT molecular complexity index is 1740. The highest BCUT2D eigenvalue weighted by atomic mass is 35.5. The Morgan fingerprint density at radius 1 is 1.17 bits per heavy atom. The molecule has 4 heterocycles. The number of aryl methyl sites for hydroxylation is 2. The fourth-order valence-electron chi connectivity index (χ4n) is 5.32. The quantitative estimate of drug-likeness (QED) is 0.284. The van der Waals surface area contributed by atoms with Crippen LogP contribution in [0.15, 0.2) is 43.0 Å². The normalized spacial score (nSPS) is 18.4. The molecular formula is C29H25ClF3N7O2. The van der Waals surface area contributed by atoms with E-state index in [0.717, 1.165) is 35.9 Å². The zero-order valence-corrected chi connectivity index (χ0v) is 23.5. The van der Waals surface area contributed by atoms with Gasteiger partial charge in [-0.1, -0.05) is 17.7 Å². The van der Waals surface area contributed by atoms with E-state index in [1.165, 1.54) is 13.1 Å². The number of nitrogens with zero attached hydrogens (tertiary/aromatic N) is 6. The van der Waals surface area contributed by atoms with Gasteiger partial charge in [0.05, 0.1) is 40.5 Å². The topological polar surface area (TPSA) is 106 Å². The molecule has 3 atom stereocenters. The molecule has 1 aromatic carbocycles. The van der Waals surface area contributed by atoms with Crippen molar-refractivity contribution in [1.29, 1.82) is 0 Å². The highest BCUT2D eigenvalue weighted by Gasteiger charge is 2.53. The van der Waals surface area contributed by atoms with E-state index in [2.05, 4.69) is 25.4 Å². The fourth-order valence-corrected chi connectivity index (χ4v) is 5.48. The molecular weight excluding hydrogens is 571 g/mol. The van der Waals surface area contributed by atoms with E-state index in [1.807, 2.05) is 19.9 Å². The monoisotopic (exact) mass is 595 g/mol. The first kappa shape index (κ1) is 27.8. The second-order valence-corrected chi connectivity index (χ2v) is 11.0. The number of halogens is 4. The maximum atomic E-state index is 14.8. The van der Waals surface area contributed by atoms with E-state index < -0.39 is 29.3 Å². The molecule has 0 bridgehead atoms. The van der Waals surface area contributed by atoms with Crippen molar-refractivity contribution >= 4 is 34.9 Å². The molecule has 216 valence electrons. The highest BCUT2D eigenvalue weighted by Crippen LogP contribution is 2.47. The summed E-state index contributed by atoms with van der Waals surface area (Å²) in [5.41, 5.74) is 0.773. The maximum absolute atomic E-state index is 14.8. The predicted molar refractivity (Wildman–Crippen MR) is 149 cm³/mol. The van der Waals surface area contributed by atoms with Crippen molar-refractivity contribution in [3.63, 3.8) is 0 Å². The van der Waals surface area contributed by atoms with Crippen molar-refractivity contribution in [2.24, 2.45) is 11.8 Å². The number of aromatic nitrogens is 5. The van der Waals surface area contributed by atoms with E-state index in [1.54, 1.807) is 22.0 Å². The molecule has 0 radical (unpaired) electrons. The predicted octanol–water partition coefficient (Wildman–Crippen LogP) is 5.93. The molecule has 0 spiro atoms. The van der Waals surface area contributed by atoms with Gasteiger partial charge in [0.25, 0.3) is 12.3 Å². The van der Waals surface area contributed by atoms with Gasteiger partial charge in [0.1, 0.15) is 11.5 Å². The van der Waals surface area contributed by atoms with Crippen LogP contribution >= 0.6 is 11.6 Å². The van der Waals surface area contributed by atoms with Crippen LogP contribution in [0.3, 0.4) is 0 Å². The number of rotatable bonds is 7. The Labute approximate surface area is 243 Å². The van der Waals surface area contributed by atoms with E-state index in [4.69, 9.17) is 11.6 Å². The molecule has 1 saturated heterocycles. The van der Waals surface area contributed by atoms with Crippen LogP contribution in [0, 0.1) is 31.5 Å². The number of alkyl halides is 2. The minimum atomic E-state index is -3.00. The number of anilines is 2. The van der Waals surface area contributed by atoms with Gasteiger partial charge in [0.2, 0.25) is 5.91 Å². The molecule has 1 N–H and O–H groups in total. The number of piperidine rings is 1. The fraction of sp³-hybridized carbons (Fsp3) is 0.310. The third-order valence-electron chi connectivity index (χ3n) is 7.78. The third kappa shape index (κ3) is 4.89. The lowest BCUT2D eigenvalue weighted by molar-refractivity contribution is -0.118. The van der Waals surface area contributed by atoms with Gasteiger partial charge in [-0.25, -0.2) is 23.1 Å². The summed E-state index contributed by atoms with van der Waals surface area (Å²) in [7, 11) is 0. The standard InChI is InChI=1S/C29H25ClF3N7O2/c1-13-6-16(8-35-27(13)39-11-17-7-20(17)29(39)42)15(3)40-12-18(9-36-40)37-28(41)25-14(2)34-10-22(38-25)23-19(26(32)33)4-5-21(30)24(23)31/h4-6,8-10,12,15,17,20,26H,7,11H2,1-3H3,(H,37,41)/t15-,17-,20-/m1/s1. The first-order chi connectivity index (χ1) is 20.0. The second-order valence-electron chi connectivity index (χ2n) is 10.6. The zero-order chi connectivity index (χ0) is 29.9. The molecule has 1 saturated carbocycles. The van der Waals surface area contributed by atoms with E-state index >= 15 is 0 Å². The first-order valence-electron chi connectivity index (χ1n) is 13.3. The molecule has 0 unspecified atom stereocenters. The molecule has 6 rings (SSSR count). The smallest absolute Gasteiger partial charge is 0.276 e. The van der Waals surface area contributed by atoms with Crippen LogP contribution in [0.2, 0.25) is 5.02 Å². The Morgan fingerprint density at radius 3 is 2.64 bits per heavy atom. The minimum Gasteiger partial charge on any atom is -0.318 e. The largest absolute Gasteiger partial charge is 0.318 e. The van der Waals surface area contributed by atoms with Crippen molar-refractivity contribution in [3.8, 4) is 11.3 Å². The Morgan fingerprint density at radius 2 is 1.95 bits per heavy atom. The van der Waals surface area contributed by atoms with Gasteiger partial charge >= 0.3 is 0 Å². The summed E-state index contributed by atoms with van der Waals surface area (Å²) >= 11 is 5.84. The lowest BCUT2D eigenvalue weighted by Gasteiger charge is -2.21. The first-order valence-corrected chi connectivity index (χ1v) is 13.6. The molecule has 1 aliphatic carbocycles. The van der Waals surface area contributed by atoms with E-state index in [9.17, 15) is 22.8 Å². The molecule has 42 heavy (non-hydrogen) atoms. The number of carbonyl (C=O) groups excluding carboxylic acids is 2. The molecule has 2 fully saturated rings. The number of hydrogen-bond donors (Lipinski definition) is 1. The minimum absolute atomic E-state index is 0.140. The molecule has 1 aliphatic heterocycles. The number of pyridine rings is 1. The number of amides is 2. The zero-order valence-electron chi connectivity index (χ0n) is 22.8. The number of hydrogen-bond acceptors (Lipinski definition) is 6. The maximum Gasteiger partial charge on any atom is 0.276 e. The lowest BCUT2D eigenvalue weighted by atomic mass is 10.0. The molecule has 13 heteroatoms. The average molecular weight is 596 g/mol. The van der Waals surface area contributed by atoms with Gasteiger partial charge < -0.3 is 5.32 Å². The SMILES string of the molecule is Cc1cc([C@@H](C)n2cc(NC(=O)c3nc(-c4c(C(F)F)ccc(Cl)c4F)cnc3C)cn2)cnc1N1C[C@H]2C[C@H]2C1=O. The van der Waals surface area contributed by atoms with Gasteiger partial charge in [-0.2, -0.15) is 5.10 Å². The average Bonchev–Trinajstić information content (AvgIpc) is 3.46. The summed E-state index contributed by atoms with van der Waals surface area (Å²) in [5, 5.41) is 6.69. The van der Waals surface area contributed by atoms with Crippen molar-refractivity contribution in [2.45, 2.75) is 39.7 Å². The number of benzene rings is 1.